The first-order valence-electron chi connectivity index (χ1n) is 7.77. The quantitative estimate of drug-likeness (QED) is 0.858. The van der Waals surface area contributed by atoms with Crippen LogP contribution in [0.15, 0.2) is 41.3 Å². The van der Waals surface area contributed by atoms with Gasteiger partial charge in [0.2, 0.25) is 0 Å². The number of benzene rings is 1. The summed E-state index contributed by atoms with van der Waals surface area (Å²) in [6, 6.07) is 9.50. The van der Waals surface area contributed by atoms with E-state index in [1.807, 2.05) is 30.3 Å². The second-order valence-electron chi connectivity index (χ2n) is 5.69. The highest BCUT2D eigenvalue weighted by molar-refractivity contribution is 5.72. The standard InChI is InChI=1S/C17H19N3O4/c1-11(21)23-10-13-7-8-15(24-13)20-9-14(16(18)19-17(20)22)12-5-3-2-4-6-12/h2-6,9,13,15H,7-8,10H2,1H3,(H2,18,19,22)/t13-,15+/m0/s1. The minimum absolute atomic E-state index is 0.189. The van der Waals surface area contributed by atoms with Crippen molar-refractivity contribution in [2.45, 2.75) is 32.1 Å². The van der Waals surface area contributed by atoms with E-state index in [1.165, 1.54) is 11.5 Å². The summed E-state index contributed by atoms with van der Waals surface area (Å²) >= 11 is 0. The van der Waals surface area contributed by atoms with Gasteiger partial charge < -0.3 is 15.2 Å². The molecule has 1 aromatic carbocycles. The SMILES string of the molecule is CC(=O)OC[C@@H]1CC[C@H](n2cc(-c3ccccc3)c(N)nc2=O)O1. The van der Waals surface area contributed by atoms with E-state index >= 15 is 0 Å². The number of nitrogens with zero attached hydrogens (tertiary/aromatic N) is 2. The Hall–Kier alpha value is -2.67. The van der Waals surface area contributed by atoms with Crippen LogP contribution in [0.5, 0.6) is 0 Å². The molecule has 24 heavy (non-hydrogen) atoms. The molecule has 0 saturated carbocycles. The van der Waals surface area contributed by atoms with Crippen molar-refractivity contribution in [2.24, 2.45) is 0 Å². The lowest BCUT2D eigenvalue weighted by molar-refractivity contribution is -0.145. The fourth-order valence-electron chi connectivity index (χ4n) is 2.75. The molecule has 0 aliphatic carbocycles. The topological polar surface area (TPSA) is 96.4 Å². The minimum Gasteiger partial charge on any atom is -0.463 e. The van der Waals surface area contributed by atoms with Gasteiger partial charge in [0.1, 0.15) is 18.7 Å². The number of nitrogens with two attached hydrogens (primary N) is 1. The first-order valence-corrected chi connectivity index (χ1v) is 7.77. The van der Waals surface area contributed by atoms with Crippen molar-refractivity contribution in [1.29, 1.82) is 0 Å². The molecular formula is C17H19N3O4. The maximum Gasteiger partial charge on any atom is 0.351 e. The summed E-state index contributed by atoms with van der Waals surface area (Å²) < 4.78 is 12.2. The van der Waals surface area contributed by atoms with Crippen LogP contribution in [-0.4, -0.2) is 28.2 Å². The van der Waals surface area contributed by atoms with Crippen LogP contribution in [0.1, 0.15) is 26.0 Å². The van der Waals surface area contributed by atoms with E-state index in [9.17, 15) is 9.59 Å². The van der Waals surface area contributed by atoms with E-state index < -0.39 is 11.9 Å². The molecule has 0 amide bonds. The number of hydrogen-bond acceptors (Lipinski definition) is 6. The second-order valence-corrected chi connectivity index (χ2v) is 5.69. The Labute approximate surface area is 139 Å². The number of nitrogen functional groups attached to an aromatic ring is 1. The fraction of sp³-hybridized carbons (Fsp3) is 0.353. The highest BCUT2D eigenvalue weighted by Gasteiger charge is 2.28. The van der Waals surface area contributed by atoms with Gasteiger partial charge in [-0.3, -0.25) is 9.36 Å². The predicted molar refractivity (Wildman–Crippen MR) is 88.1 cm³/mol. The van der Waals surface area contributed by atoms with Gasteiger partial charge in [0, 0.05) is 18.7 Å². The van der Waals surface area contributed by atoms with E-state index in [1.54, 1.807) is 6.20 Å². The van der Waals surface area contributed by atoms with E-state index in [-0.39, 0.29) is 24.5 Å². The normalized spacial score (nSPS) is 20.0. The third kappa shape index (κ3) is 3.46. The lowest BCUT2D eigenvalue weighted by Gasteiger charge is -2.17. The molecule has 2 heterocycles. The number of ether oxygens (including phenoxy) is 2. The third-order valence-electron chi connectivity index (χ3n) is 3.93. The molecule has 1 aromatic heterocycles. The van der Waals surface area contributed by atoms with E-state index in [2.05, 4.69) is 4.98 Å². The predicted octanol–water partition coefficient (Wildman–Crippen LogP) is 1.73. The van der Waals surface area contributed by atoms with Gasteiger partial charge in [-0.15, -0.1) is 0 Å². The molecule has 1 saturated heterocycles. The second kappa shape index (κ2) is 6.84. The molecule has 0 unspecified atom stereocenters. The van der Waals surface area contributed by atoms with Gasteiger partial charge in [-0.05, 0) is 18.4 Å². The Morgan fingerprint density at radius 3 is 2.83 bits per heavy atom. The molecule has 2 aromatic rings. The summed E-state index contributed by atoms with van der Waals surface area (Å²) in [7, 11) is 0. The fourth-order valence-corrected chi connectivity index (χ4v) is 2.75. The monoisotopic (exact) mass is 329 g/mol. The summed E-state index contributed by atoms with van der Waals surface area (Å²) in [6.45, 7) is 1.54. The molecule has 0 spiro atoms. The minimum atomic E-state index is -0.453. The summed E-state index contributed by atoms with van der Waals surface area (Å²) in [4.78, 5) is 27.0. The number of carbonyl (C=O) groups is 1. The molecule has 126 valence electrons. The van der Waals surface area contributed by atoms with Gasteiger partial charge in [-0.1, -0.05) is 30.3 Å². The molecule has 7 heteroatoms. The average Bonchev–Trinajstić information content (AvgIpc) is 3.02. The van der Waals surface area contributed by atoms with Crippen molar-refractivity contribution in [2.75, 3.05) is 12.3 Å². The molecule has 7 nitrogen and oxygen atoms in total. The number of rotatable bonds is 4. The lowest BCUT2D eigenvalue weighted by atomic mass is 10.1. The molecule has 2 N–H and O–H groups in total. The van der Waals surface area contributed by atoms with Gasteiger partial charge in [0.05, 0.1) is 6.10 Å². The van der Waals surface area contributed by atoms with Crippen LogP contribution >= 0.6 is 0 Å². The summed E-state index contributed by atoms with van der Waals surface area (Å²) in [5, 5.41) is 0. The molecule has 0 bridgehead atoms. The molecule has 1 fully saturated rings. The summed E-state index contributed by atoms with van der Waals surface area (Å²) in [5.41, 5.74) is 7.02. The smallest absolute Gasteiger partial charge is 0.351 e. The molecule has 1 aliphatic rings. The third-order valence-corrected chi connectivity index (χ3v) is 3.93. The number of anilines is 1. The zero-order chi connectivity index (χ0) is 17.1. The van der Waals surface area contributed by atoms with Crippen LogP contribution in [0.2, 0.25) is 0 Å². The van der Waals surface area contributed by atoms with Crippen molar-refractivity contribution in [3.8, 4) is 11.1 Å². The van der Waals surface area contributed by atoms with Crippen molar-refractivity contribution >= 4 is 11.8 Å². The largest absolute Gasteiger partial charge is 0.463 e. The molecule has 2 atom stereocenters. The Morgan fingerprint density at radius 2 is 2.12 bits per heavy atom. The molecular weight excluding hydrogens is 310 g/mol. The number of hydrogen-bond donors (Lipinski definition) is 1. The highest BCUT2D eigenvalue weighted by Crippen LogP contribution is 2.29. The Bertz CT molecular complexity index is 788. The molecule has 3 rings (SSSR count). The van der Waals surface area contributed by atoms with E-state index in [4.69, 9.17) is 15.2 Å². The zero-order valence-electron chi connectivity index (χ0n) is 13.3. The van der Waals surface area contributed by atoms with Gasteiger partial charge in [0.25, 0.3) is 0 Å². The Kier molecular flexibility index (Phi) is 4.61. The number of aromatic nitrogens is 2. The van der Waals surface area contributed by atoms with Crippen molar-refractivity contribution < 1.29 is 14.3 Å². The van der Waals surface area contributed by atoms with E-state index in [0.717, 1.165) is 5.56 Å². The first kappa shape index (κ1) is 16.2. The number of carbonyl (C=O) groups excluding carboxylic acids is 1. The van der Waals surface area contributed by atoms with Gasteiger partial charge in [-0.25, -0.2) is 4.79 Å². The first-order chi connectivity index (χ1) is 11.5. The van der Waals surface area contributed by atoms with Crippen molar-refractivity contribution in [1.82, 2.24) is 9.55 Å². The summed E-state index contributed by atoms with van der Waals surface area (Å²) in [5.74, 6) is -0.156. The summed E-state index contributed by atoms with van der Waals surface area (Å²) in [6.07, 6.45) is 2.37. The average molecular weight is 329 g/mol. The van der Waals surface area contributed by atoms with Crippen LogP contribution in [0, 0.1) is 0 Å². The van der Waals surface area contributed by atoms with Crippen LogP contribution in [0.25, 0.3) is 11.1 Å². The van der Waals surface area contributed by atoms with Crippen molar-refractivity contribution in [3.05, 3.63) is 47.0 Å². The van der Waals surface area contributed by atoms with Gasteiger partial charge in [-0.2, -0.15) is 4.98 Å². The van der Waals surface area contributed by atoms with Crippen LogP contribution in [0.3, 0.4) is 0 Å². The molecule has 0 radical (unpaired) electrons. The Balaban J connectivity index is 1.84. The lowest BCUT2D eigenvalue weighted by Crippen LogP contribution is -2.28. The Morgan fingerprint density at radius 1 is 1.38 bits per heavy atom. The maximum absolute atomic E-state index is 12.2. The van der Waals surface area contributed by atoms with Crippen LogP contribution in [0.4, 0.5) is 5.82 Å². The van der Waals surface area contributed by atoms with Crippen molar-refractivity contribution in [3.63, 3.8) is 0 Å². The zero-order valence-corrected chi connectivity index (χ0v) is 13.3. The van der Waals surface area contributed by atoms with Gasteiger partial charge >= 0.3 is 11.7 Å². The highest BCUT2D eigenvalue weighted by atomic mass is 16.6. The van der Waals surface area contributed by atoms with E-state index in [0.29, 0.717) is 18.4 Å². The van der Waals surface area contributed by atoms with Gasteiger partial charge in [0.15, 0.2) is 0 Å². The number of esters is 1. The van der Waals surface area contributed by atoms with Crippen LogP contribution < -0.4 is 11.4 Å². The molecule has 1 aliphatic heterocycles. The maximum atomic E-state index is 12.2. The van der Waals surface area contributed by atoms with Crippen LogP contribution in [-0.2, 0) is 14.3 Å².